The van der Waals surface area contributed by atoms with Crippen molar-refractivity contribution in [3.63, 3.8) is 0 Å². The van der Waals surface area contributed by atoms with Crippen molar-refractivity contribution in [2.45, 2.75) is 32.1 Å². The summed E-state index contributed by atoms with van der Waals surface area (Å²) in [5.41, 5.74) is 3.98. The Bertz CT molecular complexity index is 1010. The van der Waals surface area contributed by atoms with Crippen LogP contribution >= 0.6 is 0 Å². The van der Waals surface area contributed by atoms with Crippen LogP contribution in [0.3, 0.4) is 0 Å². The van der Waals surface area contributed by atoms with Gasteiger partial charge < -0.3 is 4.42 Å². The number of nitrogens with zero attached hydrogens (tertiary/aromatic N) is 2. The molecule has 0 aliphatic rings. The van der Waals surface area contributed by atoms with Crippen LogP contribution < -0.4 is 4.72 Å². The predicted octanol–water partition coefficient (Wildman–Crippen LogP) is 3.18. The van der Waals surface area contributed by atoms with Gasteiger partial charge in [0, 0.05) is 18.5 Å². The summed E-state index contributed by atoms with van der Waals surface area (Å²) in [5.74, 6) is 0.820. The fourth-order valence-electron chi connectivity index (χ4n) is 2.42. The lowest BCUT2D eigenvalue weighted by Crippen LogP contribution is -2.26. The van der Waals surface area contributed by atoms with Crippen molar-refractivity contribution in [2.75, 3.05) is 6.54 Å². The van der Waals surface area contributed by atoms with Gasteiger partial charge in [0.05, 0.1) is 4.90 Å². The van der Waals surface area contributed by atoms with E-state index in [1.54, 1.807) is 18.2 Å². The molecule has 0 unspecified atom stereocenters. The third-order valence-corrected chi connectivity index (χ3v) is 5.64. The monoisotopic (exact) mass is 371 g/mol. The van der Waals surface area contributed by atoms with Crippen LogP contribution in [0.15, 0.2) is 51.8 Å². The molecule has 0 amide bonds. The van der Waals surface area contributed by atoms with Crippen molar-refractivity contribution in [3.05, 3.63) is 65.0 Å². The minimum Gasteiger partial charge on any atom is -0.421 e. The lowest BCUT2D eigenvalue weighted by Gasteiger charge is -2.07. The molecule has 0 atom stereocenters. The quantitative estimate of drug-likeness (QED) is 0.719. The summed E-state index contributed by atoms with van der Waals surface area (Å²) in [6.07, 6.45) is 0.322. The van der Waals surface area contributed by atoms with Gasteiger partial charge in [0.25, 0.3) is 0 Å². The van der Waals surface area contributed by atoms with Gasteiger partial charge in [-0.05, 0) is 56.2 Å². The molecule has 1 N–H and O–H groups in total. The van der Waals surface area contributed by atoms with Gasteiger partial charge in [0.1, 0.15) is 0 Å². The molecular formula is C19H21N3O3S. The number of aryl methyl sites for hydroxylation is 3. The topological polar surface area (TPSA) is 85.1 Å². The summed E-state index contributed by atoms with van der Waals surface area (Å²) in [5, 5.41) is 8.00. The van der Waals surface area contributed by atoms with Gasteiger partial charge in [0.2, 0.25) is 21.8 Å². The van der Waals surface area contributed by atoms with E-state index in [2.05, 4.69) is 14.9 Å². The average Bonchev–Trinajstić information content (AvgIpc) is 3.06. The summed E-state index contributed by atoms with van der Waals surface area (Å²) in [6.45, 7) is 6.02. The second-order valence-corrected chi connectivity index (χ2v) is 8.03. The highest BCUT2D eigenvalue weighted by molar-refractivity contribution is 7.89. The normalized spacial score (nSPS) is 11.7. The molecule has 0 saturated heterocycles. The zero-order valence-corrected chi connectivity index (χ0v) is 15.8. The Morgan fingerprint density at radius 1 is 0.962 bits per heavy atom. The van der Waals surface area contributed by atoms with Crippen LogP contribution in [0.4, 0.5) is 0 Å². The molecule has 7 heteroatoms. The minimum absolute atomic E-state index is 0.185. The molecular weight excluding hydrogens is 350 g/mol. The van der Waals surface area contributed by atoms with E-state index >= 15 is 0 Å². The van der Waals surface area contributed by atoms with Gasteiger partial charge in [-0.1, -0.05) is 23.8 Å². The number of aromatic nitrogens is 2. The van der Waals surface area contributed by atoms with Gasteiger partial charge in [-0.2, -0.15) is 0 Å². The fraction of sp³-hybridized carbons (Fsp3) is 0.263. The van der Waals surface area contributed by atoms with Gasteiger partial charge in [-0.15, -0.1) is 10.2 Å². The van der Waals surface area contributed by atoms with E-state index in [-0.39, 0.29) is 11.4 Å². The second kappa shape index (κ2) is 7.39. The summed E-state index contributed by atoms with van der Waals surface area (Å²) < 4.78 is 32.9. The molecule has 136 valence electrons. The zero-order chi connectivity index (χ0) is 18.7. The van der Waals surface area contributed by atoms with Crippen molar-refractivity contribution < 1.29 is 12.8 Å². The first kappa shape index (κ1) is 18.3. The molecule has 1 aromatic heterocycles. The second-order valence-electron chi connectivity index (χ2n) is 6.26. The maximum absolute atomic E-state index is 12.4. The number of hydrogen-bond acceptors (Lipinski definition) is 5. The molecule has 1 heterocycles. The third kappa shape index (κ3) is 4.17. The van der Waals surface area contributed by atoms with Gasteiger partial charge >= 0.3 is 0 Å². The van der Waals surface area contributed by atoms with E-state index in [0.29, 0.717) is 18.2 Å². The van der Waals surface area contributed by atoms with E-state index in [0.717, 1.165) is 22.3 Å². The summed E-state index contributed by atoms with van der Waals surface area (Å²) in [6, 6.07) is 12.8. The van der Waals surface area contributed by atoms with Crippen LogP contribution in [-0.4, -0.2) is 25.2 Å². The Hall–Kier alpha value is -2.51. The number of hydrogen-bond donors (Lipinski definition) is 1. The van der Waals surface area contributed by atoms with Gasteiger partial charge in [-0.25, -0.2) is 13.1 Å². The molecule has 0 aliphatic heterocycles. The lowest BCUT2D eigenvalue weighted by atomic mass is 10.1. The molecule has 2 aromatic carbocycles. The van der Waals surface area contributed by atoms with Crippen LogP contribution in [0.5, 0.6) is 0 Å². The molecule has 0 fully saturated rings. The Labute approximate surface area is 153 Å². The van der Waals surface area contributed by atoms with Gasteiger partial charge in [0.15, 0.2) is 0 Å². The molecule has 26 heavy (non-hydrogen) atoms. The molecule has 0 radical (unpaired) electrons. The SMILES string of the molecule is Cc1ccc(-c2nnc(CCNS(=O)(=O)c3ccc(C)c(C)c3)o2)cc1. The predicted molar refractivity (Wildman–Crippen MR) is 99.3 cm³/mol. The van der Waals surface area contributed by atoms with Crippen LogP contribution in [-0.2, 0) is 16.4 Å². The molecule has 6 nitrogen and oxygen atoms in total. The smallest absolute Gasteiger partial charge is 0.247 e. The standard InChI is InChI=1S/C19H21N3O3S/c1-13-4-7-16(8-5-13)19-22-21-18(25-19)10-11-20-26(23,24)17-9-6-14(2)15(3)12-17/h4-9,12,20H,10-11H2,1-3H3. The first-order chi connectivity index (χ1) is 12.3. The molecule has 0 aliphatic carbocycles. The molecule has 0 saturated carbocycles. The molecule has 0 bridgehead atoms. The van der Waals surface area contributed by atoms with E-state index in [1.165, 1.54) is 0 Å². The summed E-state index contributed by atoms with van der Waals surface area (Å²) >= 11 is 0. The van der Waals surface area contributed by atoms with Crippen molar-refractivity contribution >= 4 is 10.0 Å². The molecule has 0 spiro atoms. The fourth-order valence-corrected chi connectivity index (χ4v) is 3.54. The van der Waals surface area contributed by atoms with E-state index in [4.69, 9.17) is 4.42 Å². The van der Waals surface area contributed by atoms with Crippen LogP contribution in [0.1, 0.15) is 22.6 Å². The van der Waals surface area contributed by atoms with E-state index in [9.17, 15) is 8.42 Å². The first-order valence-electron chi connectivity index (χ1n) is 8.31. The summed E-state index contributed by atoms with van der Waals surface area (Å²) in [4.78, 5) is 0.256. The zero-order valence-electron chi connectivity index (χ0n) is 15.0. The van der Waals surface area contributed by atoms with Crippen molar-refractivity contribution in [3.8, 4) is 11.5 Å². The Balaban J connectivity index is 1.62. The maximum atomic E-state index is 12.4. The Morgan fingerprint density at radius 3 is 2.38 bits per heavy atom. The van der Waals surface area contributed by atoms with Crippen LogP contribution in [0, 0.1) is 20.8 Å². The highest BCUT2D eigenvalue weighted by Gasteiger charge is 2.15. The molecule has 3 rings (SSSR count). The third-order valence-electron chi connectivity index (χ3n) is 4.18. The Morgan fingerprint density at radius 2 is 1.69 bits per heavy atom. The number of benzene rings is 2. The van der Waals surface area contributed by atoms with Crippen molar-refractivity contribution in [2.24, 2.45) is 0 Å². The number of nitrogens with one attached hydrogen (secondary N) is 1. The van der Waals surface area contributed by atoms with Crippen molar-refractivity contribution in [1.29, 1.82) is 0 Å². The maximum Gasteiger partial charge on any atom is 0.247 e. The summed E-state index contributed by atoms with van der Waals surface area (Å²) in [7, 11) is -3.56. The average molecular weight is 371 g/mol. The Kier molecular flexibility index (Phi) is 5.20. The van der Waals surface area contributed by atoms with E-state index in [1.807, 2.05) is 45.0 Å². The van der Waals surface area contributed by atoms with E-state index < -0.39 is 10.0 Å². The minimum atomic E-state index is -3.56. The van der Waals surface area contributed by atoms with Crippen LogP contribution in [0.25, 0.3) is 11.5 Å². The first-order valence-corrected chi connectivity index (χ1v) is 9.80. The van der Waals surface area contributed by atoms with Crippen molar-refractivity contribution in [1.82, 2.24) is 14.9 Å². The number of rotatable bonds is 6. The van der Waals surface area contributed by atoms with Gasteiger partial charge in [-0.3, -0.25) is 0 Å². The lowest BCUT2D eigenvalue weighted by molar-refractivity contribution is 0.502. The molecule has 3 aromatic rings. The highest BCUT2D eigenvalue weighted by Crippen LogP contribution is 2.18. The largest absolute Gasteiger partial charge is 0.421 e. The highest BCUT2D eigenvalue weighted by atomic mass is 32.2. The van der Waals surface area contributed by atoms with Crippen LogP contribution in [0.2, 0.25) is 0 Å². The number of sulfonamides is 1.